The molecule has 1 aromatic heterocycles. The van der Waals surface area contributed by atoms with E-state index in [1.54, 1.807) is 32.2 Å². The zero-order valence-corrected chi connectivity index (χ0v) is 7.82. The topological polar surface area (TPSA) is 68.2 Å². The van der Waals surface area contributed by atoms with E-state index in [2.05, 4.69) is 0 Å². The van der Waals surface area contributed by atoms with E-state index in [1.807, 2.05) is 0 Å². The summed E-state index contributed by atoms with van der Waals surface area (Å²) >= 11 is 0. The molecule has 1 rings (SSSR count). The first-order chi connectivity index (χ1) is 5.90. The minimum absolute atomic E-state index is 0.201. The van der Waals surface area contributed by atoms with Crippen LogP contribution in [0, 0.1) is 0 Å². The molecular weight excluding hydrogens is 168 g/mol. The van der Waals surface area contributed by atoms with Crippen molar-refractivity contribution >= 4 is 5.69 Å². The minimum atomic E-state index is -0.905. The van der Waals surface area contributed by atoms with Gasteiger partial charge in [-0.3, -0.25) is 4.79 Å². The summed E-state index contributed by atoms with van der Waals surface area (Å²) in [4.78, 5) is 11.4. The van der Waals surface area contributed by atoms with Gasteiger partial charge in [0, 0.05) is 6.20 Å². The molecule has 13 heavy (non-hydrogen) atoms. The van der Waals surface area contributed by atoms with Crippen molar-refractivity contribution in [2.75, 3.05) is 5.73 Å². The summed E-state index contributed by atoms with van der Waals surface area (Å²) in [5.74, 6) is 0. The number of nitrogens with two attached hydrogens (primary N) is 1. The molecule has 3 N–H and O–H groups in total. The smallest absolute Gasteiger partial charge is 0.273 e. The lowest BCUT2D eigenvalue weighted by molar-refractivity contribution is 0.0605. The third-order valence-electron chi connectivity index (χ3n) is 1.61. The van der Waals surface area contributed by atoms with E-state index in [0.717, 1.165) is 0 Å². The molecule has 0 radical (unpaired) electrons. The summed E-state index contributed by atoms with van der Waals surface area (Å²) in [5, 5.41) is 9.49. The second kappa shape index (κ2) is 3.22. The monoisotopic (exact) mass is 182 g/mol. The Morgan fingerprint density at radius 1 is 1.62 bits per heavy atom. The van der Waals surface area contributed by atoms with Gasteiger partial charge in [-0.05, 0) is 26.0 Å². The standard InChI is InChI=1S/C9H14N2O2/c1-9(2,13)6-11-5-3-4-7(10)8(11)12/h3-5,13H,6,10H2,1-2H3. The molecule has 4 nitrogen and oxygen atoms in total. The first-order valence-electron chi connectivity index (χ1n) is 4.07. The number of hydrogen-bond acceptors (Lipinski definition) is 3. The minimum Gasteiger partial charge on any atom is -0.394 e. The Balaban J connectivity index is 3.03. The number of aromatic nitrogens is 1. The molecule has 0 aliphatic carbocycles. The van der Waals surface area contributed by atoms with Crippen molar-refractivity contribution in [1.29, 1.82) is 0 Å². The molecule has 0 saturated carbocycles. The Morgan fingerprint density at radius 3 is 2.77 bits per heavy atom. The van der Waals surface area contributed by atoms with Gasteiger partial charge in [-0.15, -0.1) is 0 Å². The quantitative estimate of drug-likeness (QED) is 0.686. The zero-order valence-electron chi connectivity index (χ0n) is 7.82. The third kappa shape index (κ3) is 2.59. The molecule has 0 amide bonds. The Hall–Kier alpha value is -1.29. The molecule has 1 heterocycles. The summed E-state index contributed by atoms with van der Waals surface area (Å²) in [6.45, 7) is 3.53. The Bertz CT molecular complexity index is 349. The van der Waals surface area contributed by atoms with Gasteiger partial charge < -0.3 is 15.4 Å². The lowest BCUT2D eigenvalue weighted by Crippen LogP contribution is -2.33. The van der Waals surface area contributed by atoms with E-state index in [4.69, 9.17) is 5.73 Å². The fraction of sp³-hybridized carbons (Fsp3) is 0.444. The van der Waals surface area contributed by atoms with E-state index < -0.39 is 5.60 Å². The molecule has 0 saturated heterocycles. The highest BCUT2D eigenvalue weighted by atomic mass is 16.3. The zero-order chi connectivity index (χ0) is 10.1. The third-order valence-corrected chi connectivity index (χ3v) is 1.61. The molecule has 0 fully saturated rings. The second-order valence-corrected chi connectivity index (χ2v) is 3.71. The highest BCUT2D eigenvalue weighted by molar-refractivity contribution is 5.33. The van der Waals surface area contributed by atoms with E-state index in [9.17, 15) is 9.90 Å². The molecule has 72 valence electrons. The molecule has 0 atom stereocenters. The average molecular weight is 182 g/mol. The van der Waals surface area contributed by atoms with Crippen LogP contribution in [0.2, 0.25) is 0 Å². The van der Waals surface area contributed by atoms with Crippen LogP contribution >= 0.6 is 0 Å². The Labute approximate surface area is 76.6 Å². The van der Waals surface area contributed by atoms with Crippen LogP contribution in [0.3, 0.4) is 0 Å². The van der Waals surface area contributed by atoms with Gasteiger partial charge in [-0.25, -0.2) is 0 Å². The van der Waals surface area contributed by atoms with E-state index in [0.29, 0.717) is 0 Å². The van der Waals surface area contributed by atoms with Crippen LogP contribution in [0.4, 0.5) is 5.69 Å². The van der Waals surface area contributed by atoms with Gasteiger partial charge >= 0.3 is 0 Å². The van der Waals surface area contributed by atoms with Gasteiger partial charge in [0.15, 0.2) is 0 Å². The number of nitrogen functional groups attached to an aromatic ring is 1. The van der Waals surface area contributed by atoms with Gasteiger partial charge in [0.1, 0.15) is 0 Å². The van der Waals surface area contributed by atoms with Crippen LogP contribution in [-0.4, -0.2) is 15.3 Å². The van der Waals surface area contributed by atoms with E-state index in [-0.39, 0.29) is 17.8 Å². The molecule has 0 aliphatic heterocycles. The van der Waals surface area contributed by atoms with Gasteiger partial charge in [0.2, 0.25) is 0 Å². The summed E-state index contributed by atoms with van der Waals surface area (Å²) in [6.07, 6.45) is 1.61. The van der Waals surface area contributed by atoms with Crippen molar-refractivity contribution in [2.24, 2.45) is 0 Å². The van der Waals surface area contributed by atoms with Gasteiger partial charge in [-0.1, -0.05) is 0 Å². The van der Waals surface area contributed by atoms with Crippen LogP contribution in [0.5, 0.6) is 0 Å². The molecule has 1 aromatic rings. The average Bonchev–Trinajstić information content (AvgIpc) is 1.96. The van der Waals surface area contributed by atoms with E-state index in [1.165, 1.54) is 4.57 Å². The van der Waals surface area contributed by atoms with E-state index >= 15 is 0 Å². The number of pyridine rings is 1. The molecule has 0 unspecified atom stereocenters. The maximum absolute atomic E-state index is 11.4. The largest absolute Gasteiger partial charge is 0.394 e. The molecule has 4 heteroatoms. The van der Waals surface area contributed by atoms with Crippen LogP contribution in [-0.2, 0) is 6.54 Å². The van der Waals surface area contributed by atoms with Crippen LogP contribution < -0.4 is 11.3 Å². The molecule has 0 aromatic carbocycles. The predicted molar refractivity (Wildman–Crippen MR) is 51.4 cm³/mol. The van der Waals surface area contributed by atoms with Crippen LogP contribution in [0.1, 0.15) is 13.8 Å². The van der Waals surface area contributed by atoms with Crippen LogP contribution in [0.15, 0.2) is 23.1 Å². The summed E-state index contributed by atoms with van der Waals surface area (Å²) < 4.78 is 1.40. The van der Waals surface area contributed by atoms with Crippen molar-refractivity contribution in [3.8, 4) is 0 Å². The number of anilines is 1. The van der Waals surface area contributed by atoms with Crippen molar-refractivity contribution < 1.29 is 5.11 Å². The Kier molecular flexibility index (Phi) is 2.43. The molecular formula is C9H14N2O2. The molecule has 0 bridgehead atoms. The van der Waals surface area contributed by atoms with Crippen molar-refractivity contribution in [3.63, 3.8) is 0 Å². The normalized spacial score (nSPS) is 11.6. The first kappa shape index (κ1) is 9.80. The van der Waals surface area contributed by atoms with Crippen molar-refractivity contribution in [3.05, 3.63) is 28.7 Å². The number of nitrogens with zero attached hydrogens (tertiary/aromatic N) is 1. The maximum atomic E-state index is 11.4. The lowest BCUT2D eigenvalue weighted by atomic mass is 10.1. The highest BCUT2D eigenvalue weighted by Crippen LogP contribution is 2.04. The first-order valence-corrected chi connectivity index (χ1v) is 4.07. The predicted octanol–water partition coefficient (Wildman–Crippen LogP) is 0.201. The van der Waals surface area contributed by atoms with Crippen LogP contribution in [0.25, 0.3) is 0 Å². The summed E-state index contributed by atoms with van der Waals surface area (Å²) in [7, 11) is 0. The molecule has 0 spiro atoms. The molecule has 0 aliphatic rings. The number of aliphatic hydroxyl groups is 1. The fourth-order valence-electron chi connectivity index (χ4n) is 1.10. The number of hydrogen-bond donors (Lipinski definition) is 2. The Morgan fingerprint density at radius 2 is 2.23 bits per heavy atom. The summed E-state index contributed by atoms with van der Waals surface area (Å²) in [5.41, 5.74) is 4.46. The number of rotatable bonds is 2. The summed E-state index contributed by atoms with van der Waals surface area (Å²) in [6, 6.07) is 3.23. The van der Waals surface area contributed by atoms with Crippen molar-refractivity contribution in [1.82, 2.24) is 4.57 Å². The SMILES string of the molecule is CC(C)(O)Cn1cccc(N)c1=O. The van der Waals surface area contributed by atoms with Gasteiger partial charge in [-0.2, -0.15) is 0 Å². The second-order valence-electron chi connectivity index (χ2n) is 3.71. The maximum Gasteiger partial charge on any atom is 0.273 e. The van der Waals surface area contributed by atoms with Gasteiger partial charge in [0.05, 0.1) is 17.8 Å². The highest BCUT2D eigenvalue weighted by Gasteiger charge is 2.14. The van der Waals surface area contributed by atoms with Crippen molar-refractivity contribution in [2.45, 2.75) is 26.0 Å². The lowest BCUT2D eigenvalue weighted by Gasteiger charge is -2.18. The fourth-order valence-corrected chi connectivity index (χ4v) is 1.10. The van der Waals surface area contributed by atoms with Gasteiger partial charge in [0.25, 0.3) is 5.56 Å².